The minimum absolute atomic E-state index is 0.244. The van der Waals surface area contributed by atoms with E-state index >= 15 is 0 Å². The maximum atomic E-state index is 13.2. The van der Waals surface area contributed by atoms with Crippen molar-refractivity contribution in [2.75, 3.05) is 5.43 Å². The van der Waals surface area contributed by atoms with Crippen LogP contribution in [0.15, 0.2) is 96.4 Å². The number of ether oxygens (including phenoxy) is 1. The molecule has 4 aromatic carbocycles. The Kier molecular flexibility index (Phi) is 7.16. The minimum atomic E-state index is -0.244. The lowest BCUT2D eigenvalue weighted by molar-refractivity contribution is 0.303. The quantitative estimate of drug-likeness (QED) is 0.223. The molecule has 5 aromatic rings. The molecule has 0 unspecified atom stereocenters. The van der Waals surface area contributed by atoms with Gasteiger partial charge in [-0.05, 0) is 40.6 Å². The van der Waals surface area contributed by atoms with Crippen molar-refractivity contribution in [3.05, 3.63) is 119 Å². The summed E-state index contributed by atoms with van der Waals surface area (Å²) >= 11 is 7.85. The molecule has 0 saturated heterocycles. The van der Waals surface area contributed by atoms with E-state index in [9.17, 15) is 4.39 Å². The fourth-order valence-corrected chi connectivity index (χ4v) is 4.76. The van der Waals surface area contributed by atoms with Crippen molar-refractivity contribution in [1.82, 2.24) is 14.9 Å². The van der Waals surface area contributed by atoms with E-state index in [1.807, 2.05) is 42.5 Å². The number of nitrogens with zero attached hydrogens (tertiary/aromatic N) is 3. The second-order valence-electron chi connectivity index (χ2n) is 7.88. The van der Waals surface area contributed by atoms with E-state index < -0.39 is 0 Å². The SMILES string of the molecule is Fc1ccc(CSc2nncn2NCc2c(OCc3ccccc3Cl)ccc3ccccc23)cc1. The zero-order valence-corrected chi connectivity index (χ0v) is 20.3. The summed E-state index contributed by atoms with van der Waals surface area (Å²) < 4.78 is 21.2. The monoisotopic (exact) mass is 504 g/mol. The summed E-state index contributed by atoms with van der Waals surface area (Å²) in [5.74, 6) is 1.19. The predicted octanol–water partition coefficient (Wildman–Crippen LogP) is 6.84. The number of benzene rings is 4. The molecule has 0 amide bonds. The smallest absolute Gasteiger partial charge is 0.210 e. The molecule has 0 spiro atoms. The van der Waals surface area contributed by atoms with Gasteiger partial charge in [-0.1, -0.05) is 84.0 Å². The van der Waals surface area contributed by atoms with Crippen molar-refractivity contribution >= 4 is 34.1 Å². The Labute approximate surface area is 211 Å². The lowest BCUT2D eigenvalue weighted by atomic mass is 10.0. The molecule has 0 aliphatic carbocycles. The van der Waals surface area contributed by atoms with Gasteiger partial charge in [0.05, 0.1) is 6.54 Å². The Morgan fingerprint density at radius 3 is 2.60 bits per heavy atom. The lowest BCUT2D eigenvalue weighted by Crippen LogP contribution is -2.15. The molecule has 0 fully saturated rings. The maximum absolute atomic E-state index is 13.2. The molecule has 1 heterocycles. The molecular weight excluding hydrogens is 483 g/mol. The average Bonchev–Trinajstić information content (AvgIpc) is 3.34. The van der Waals surface area contributed by atoms with E-state index in [1.54, 1.807) is 23.1 Å². The van der Waals surface area contributed by atoms with Crippen LogP contribution in [0, 0.1) is 5.82 Å². The van der Waals surface area contributed by atoms with Crippen LogP contribution in [0.1, 0.15) is 16.7 Å². The first-order valence-corrected chi connectivity index (χ1v) is 12.4. The highest BCUT2D eigenvalue weighted by Crippen LogP contribution is 2.30. The third kappa shape index (κ3) is 5.58. The fourth-order valence-electron chi connectivity index (χ4n) is 3.73. The van der Waals surface area contributed by atoms with Crippen LogP contribution in [0.4, 0.5) is 4.39 Å². The van der Waals surface area contributed by atoms with Crippen molar-refractivity contribution in [1.29, 1.82) is 0 Å². The molecule has 8 heteroatoms. The van der Waals surface area contributed by atoms with Gasteiger partial charge in [-0.3, -0.25) is 0 Å². The summed E-state index contributed by atoms with van der Waals surface area (Å²) in [5, 5.41) is 11.9. The third-order valence-electron chi connectivity index (χ3n) is 5.56. The number of nitrogens with one attached hydrogen (secondary N) is 1. The summed E-state index contributed by atoms with van der Waals surface area (Å²) in [6.45, 7) is 0.873. The largest absolute Gasteiger partial charge is 0.488 e. The first kappa shape index (κ1) is 23.2. The molecule has 1 aromatic heterocycles. The van der Waals surface area contributed by atoms with Gasteiger partial charge in [-0.15, -0.1) is 10.2 Å². The highest BCUT2D eigenvalue weighted by atomic mass is 35.5. The van der Waals surface area contributed by atoms with Gasteiger partial charge in [0.15, 0.2) is 0 Å². The summed E-state index contributed by atoms with van der Waals surface area (Å²) in [6, 6.07) is 26.4. The van der Waals surface area contributed by atoms with Crippen LogP contribution in [-0.2, 0) is 18.9 Å². The molecule has 35 heavy (non-hydrogen) atoms. The van der Waals surface area contributed by atoms with Gasteiger partial charge in [0.25, 0.3) is 0 Å². The van der Waals surface area contributed by atoms with Crippen LogP contribution < -0.4 is 10.2 Å². The van der Waals surface area contributed by atoms with Crippen molar-refractivity contribution in [2.24, 2.45) is 0 Å². The first-order chi connectivity index (χ1) is 17.2. The second kappa shape index (κ2) is 10.8. The van der Waals surface area contributed by atoms with Crippen LogP contribution in [0.25, 0.3) is 10.8 Å². The van der Waals surface area contributed by atoms with E-state index in [2.05, 4.69) is 33.8 Å². The molecule has 5 rings (SSSR count). The number of thioether (sulfide) groups is 1. The highest BCUT2D eigenvalue weighted by molar-refractivity contribution is 7.98. The molecule has 0 saturated carbocycles. The second-order valence-corrected chi connectivity index (χ2v) is 9.23. The Morgan fingerprint density at radius 1 is 0.943 bits per heavy atom. The van der Waals surface area contributed by atoms with E-state index in [4.69, 9.17) is 16.3 Å². The van der Waals surface area contributed by atoms with Gasteiger partial charge in [0.2, 0.25) is 5.16 Å². The Balaban J connectivity index is 1.34. The number of aromatic nitrogens is 3. The molecule has 0 atom stereocenters. The van der Waals surface area contributed by atoms with Crippen molar-refractivity contribution in [3.8, 4) is 5.75 Å². The van der Waals surface area contributed by atoms with E-state index in [0.717, 1.165) is 33.2 Å². The summed E-state index contributed by atoms with van der Waals surface area (Å²) in [7, 11) is 0. The van der Waals surface area contributed by atoms with Gasteiger partial charge in [0.1, 0.15) is 24.5 Å². The first-order valence-electron chi connectivity index (χ1n) is 11.1. The van der Waals surface area contributed by atoms with E-state index in [1.165, 1.54) is 23.9 Å². The molecule has 176 valence electrons. The van der Waals surface area contributed by atoms with Gasteiger partial charge < -0.3 is 10.2 Å². The van der Waals surface area contributed by atoms with Crippen LogP contribution in [-0.4, -0.2) is 14.9 Å². The molecule has 5 nitrogen and oxygen atoms in total. The Morgan fingerprint density at radius 2 is 1.74 bits per heavy atom. The van der Waals surface area contributed by atoms with E-state index in [0.29, 0.717) is 29.1 Å². The van der Waals surface area contributed by atoms with Crippen LogP contribution in [0.3, 0.4) is 0 Å². The van der Waals surface area contributed by atoms with Gasteiger partial charge in [-0.2, -0.15) is 0 Å². The molecule has 1 N–H and O–H groups in total. The van der Waals surface area contributed by atoms with Crippen molar-refractivity contribution in [3.63, 3.8) is 0 Å². The Hall–Kier alpha value is -3.55. The fraction of sp³-hybridized carbons (Fsp3) is 0.111. The summed E-state index contributed by atoms with van der Waals surface area (Å²) in [6.07, 6.45) is 1.64. The van der Waals surface area contributed by atoms with Crippen LogP contribution in [0.2, 0.25) is 5.02 Å². The van der Waals surface area contributed by atoms with Gasteiger partial charge in [-0.25, -0.2) is 9.07 Å². The molecule has 0 aliphatic rings. The van der Waals surface area contributed by atoms with Crippen molar-refractivity contribution in [2.45, 2.75) is 24.1 Å². The van der Waals surface area contributed by atoms with E-state index in [-0.39, 0.29) is 5.82 Å². The normalized spacial score (nSPS) is 11.0. The Bertz CT molecular complexity index is 1440. The van der Waals surface area contributed by atoms with Crippen LogP contribution in [0.5, 0.6) is 5.75 Å². The van der Waals surface area contributed by atoms with Gasteiger partial charge >= 0.3 is 0 Å². The molecule has 0 aliphatic heterocycles. The van der Waals surface area contributed by atoms with Crippen molar-refractivity contribution < 1.29 is 9.13 Å². The summed E-state index contributed by atoms with van der Waals surface area (Å²) in [5.41, 5.74) is 6.37. The zero-order valence-electron chi connectivity index (χ0n) is 18.7. The number of hydrogen-bond donors (Lipinski definition) is 1. The number of halogens is 2. The number of rotatable bonds is 9. The molecule has 0 bridgehead atoms. The maximum Gasteiger partial charge on any atom is 0.210 e. The zero-order chi connectivity index (χ0) is 24.0. The molecular formula is C27H22ClFN4OS. The lowest BCUT2D eigenvalue weighted by Gasteiger charge is -2.17. The standard InChI is InChI=1S/C27H22ClFN4OS/c28-25-8-4-2-6-21(25)16-34-26-14-11-20-5-1-3-7-23(20)24(26)15-31-33-18-30-32-27(33)35-17-19-9-12-22(29)13-10-19/h1-14,18,31H,15-17H2. The summed E-state index contributed by atoms with van der Waals surface area (Å²) in [4.78, 5) is 0. The van der Waals surface area contributed by atoms with Gasteiger partial charge in [0, 0.05) is 21.9 Å². The number of hydrogen-bond acceptors (Lipinski definition) is 5. The topological polar surface area (TPSA) is 52.0 Å². The molecule has 0 radical (unpaired) electrons. The minimum Gasteiger partial charge on any atom is -0.488 e. The number of fused-ring (bicyclic) bond motifs is 1. The predicted molar refractivity (Wildman–Crippen MR) is 139 cm³/mol. The third-order valence-corrected chi connectivity index (χ3v) is 6.95. The highest BCUT2D eigenvalue weighted by Gasteiger charge is 2.12. The van der Waals surface area contributed by atoms with Crippen LogP contribution >= 0.6 is 23.4 Å². The average molecular weight is 505 g/mol.